The van der Waals surface area contributed by atoms with E-state index in [9.17, 15) is 39.5 Å². The monoisotopic (exact) mass is 614 g/mol. The molecular formula is C21H23F9N4O7. The van der Waals surface area contributed by atoms with E-state index in [0.717, 1.165) is 25.3 Å². The van der Waals surface area contributed by atoms with Gasteiger partial charge < -0.3 is 20.1 Å². The smallest absolute Gasteiger partial charge is 0.475 e. The van der Waals surface area contributed by atoms with Crippen molar-refractivity contribution >= 4 is 17.9 Å². The molecule has 0 fully saturated rings. The average molecular weight is 614 g/mol. The Labute approximate surface area is 224 Å². The van der Waals surface area contributed by atoms with E-state index in [2.05, 4.69) is 27.2 Å². The van der Waals surface area contributed by atoms with E-state index < -0.39 is 36.4 Å². The normalized spacial score (nSPS) is 15.0. The highest BCUT2D eigenvalue weighted by molar-refractivity contribution is 5.73. The fraction of sp³-hybridized carbons (Fsp3) is 0.476. The van der Waals surface area contributed by atoms with Crippen LogP contribution in [0.4, 0.5) is 39.5 Å². The molecule has 232 valence electrons. The van der Waals surface area contributed by atoms with E-state index in [1.54, 1.807) is 7.11 Å². The summed E-state index contributed by atoms with van der Waals surface area (Å²) in [5, 5.41) is 26.0. The summed E-state index contributed by atoms with van der Waals surface area (Å²) >= 11 is 0. The summed E-state index contributed by atoms with van der Waals surface area (Å²) in [5.41, 5.74) is 3.60. The number of methoxy groups -OCH3 is 1. The Bertz CT molecular complexity index is 1060. The molecule has 2 aromatic heterocycles. The standard InChI is InChI=1S/C15H20N4O.3C2HF3O2/c1-18-7-12-8-19(10-14-5-3-4-6-16-14)9-13(11-20-2)15(12)17-18;3*3-2(4,5)1(6)7/h3-7,13H,8-11H2,1-2H3;3*(H,6,7). The van der Waals surface area contributed by atoms with E-state index in [1.807, 2.05) is 30.1 Å². The summed E-state index contributed by atoms with van der Waals surface area (Å²) < 4.78 is 102. The number of alkyl halides is 9. The molecular weight excluding hydrogens is 591 g/mol. The van der Waals surface area contributed by atoms with Crippen LogP contribution in [-0.4, -0.2) is 91.7 Å². The zero-order valence-electron chi connectivity index (χ0n) is 21.0. The largest absolute Gasteiger partial charge is 0.490 e. The molecule has 2 aromatic rings. The maximum atomic E-state index is 10.6. The summed E-state index contributed by atoms with van der Waals surface area (Å²) in [6, 6.07) is 6.06. The van der Waals surface area contributed by atoms with Gasteiger partial charge in [-0.1, -0.05) is 6.07 Å². The van der Waals surface area contributed by atoms with Crippen LogP contribution in [0.2, 0.25) is 0 Å². The maximum Gasteiger partial charge on any atom is 0.490 e. The molecule has 1 unspecified atom stereocenters. The molecule has 0 saturated carbocycles. The van der Waals surface area contributed by atoms with Crippen LogP contribution in [0.5, 0.6) is 0 Å². The van der Waals surface area contributed by atoms with Gasteiger partial charge in [0.25, 0.3) is 0 Å². The Kier molecular flexibility index (Phi) is 14.2. The Morgan fingerprint density at radius 3 is 1.76 bits per heavy atom. The molecule has 3 rings (SSSR count). The van der Waals surface area contributed by atoms with Crippen LogP contribution < -0.4 is 0 Å². The lowest BCUT2D eigenvalue weighted by atomic mass is 9.97. The minimum atomic E-state index is -5.08. The minimum absolute atomic E-state index is 0.341. The van der Waals surface area contributed by atoms with Gasteiger partial charge in [0.1, 0.15) is 0 Å². The quantitative estimate of drug-likeness (QED) is 0.436. The van der Waals surface area contributed by atoms with Crippen LogP contribution in [0.25, 0.3) is 0 Å². The minimum Gasteiger partial charge on any atom is -0.475 e. The van der Waals surface area contributed by atoms with Crippen molar-refractivity contribution in [1.29, 1.82) is 0 Å². The third-order valence-corrected chi connectivity index (χ3v) is 4.40. The molecule has 3 N–H and O–H groups in total. The summed E-state index contributed by atoms with van der Waals surface area (Å²) in [4.78, 5) is 33.5. The molecule has 0 aromatic carbocycles. The van der Waals surface area contributed by atoms with Crippen molar-refractivity contribution in [1.82, 2.24) is 19.7 Å². The second kappa shape index (κ2) is 15.7. The number of carboxylic acid groups (broad SMARTS) is 3. The van der Waals surface area contributed by atoms with Crippen molar-refractivity contribution in [3.8, 4) is 0 Å². The molecule has 0 aliphatic carbocycles. The number of pyridine rings is 1. The molecule has 41 heavy (non-hydrogen) atoms. The van der Waals surface area contributed by atoms with Crippen molar-refractivity contribution < 1.29 is 74.0 Å². The molecule has 0 amide bonds. The van der Waals surface area contributed by atoms with E-state index in [4.69, 9.17) is 34.4 Å². The third-order valence-electron chi connectivity index (χ3n) is 4.40. The van der Waals surface area contributed by atoms with Gasteiger partial charge in [-0.15, -0.1) is 0 Å². The van der Waals surface area contributed by atoms with Gasteiger partial charge in [-0.3, -0.25) is 14.6 Å². The van der Waals surface area contributed by atoms with Crippen LogP contribution >= 0.6 is 0 Å². The third kappa shape index (κ3) is 14.9. The van der Waals surface area contributed by atoms with Gasteiger partial charge in [0.2, 0.25) is 0 Å². The highest BCUT2D eigenvalue weighted by Gasteiger charge is 2.39. The van der Waals surface area contributed by atoms with Crippen LogP contribution in [0, 0.1) is 0 Å². The molecule has 0 radical (unpaired) electrons. The number of nitrogens with zero attached hydrogens (tertiary/aromatic N) is 4. The molecule has 1 aliphatic rings. The average Bonchev–Trinajstić information content (AvgIpc) is 3.19. The van der Waals surface area contributed by atoms with Crippen LogP contribution in [0.3, 0.4) is 0 Å². The number of rotatable bonds is 4. The van der Waals surface area contributed by atoms with E-state index in [1.165, 1.54) is 11.3 Å². The summed E-state index contributed by atoms with van der Waals surface area (Å²) in [6.45, 7) is 3.48. The highest BCUT2D eigenvalue weighted by atomic mass is 19.4. The number of hydrogen-bond donors (Lipinski definition) is 3. The van der Waals surface area contributed by atoms with Gasteiger partial charge in [0, 0.05) is 57.7 Å². The second-order valence-corrected chi connectivity index (χ2v) is 7.76. The lowest BCUT2D eigenvalue weighted by Gasteiger charge is -2.31. The fourth-order valence-corrected chi connectivity index (χ4v) is 2.90. The van der Waals surface area contributed by atoms with E-state index >= 15 is 0 Å². The lowest BCUT2D eigenvalue weighted by Crippen LogP contribution is -2.34. The predicted molar refractivity (Wildman–Crippen MR) is 117 cm³/mol. The zero-order chi connectivity index (χ0) is 32.2. The summed E-state index contributed by atoms with van der Waals surface area (Å²) in [6.07, 6.45) is -11.3. The molecule has 20 heteroatoms. The van der Waals surface area contributed by atoms with E-state index in [0.29, 0.717) is 12.5 Å². The first-order chi connectivity index (χ1) is 18.6. The van der Waals surface area contributed by atoms with Crippen LogP contribution in [0.1, 0.15) is 22.9 Å². The number of carbonyl (C=O) groups is 3. The number of aliphatic carboxylic acids is 3. The molecule has 1 aliphatic heterocycles. The van der Waals surface area contributed by atoms with Crippen molar-refractivity contribution in [2.75, 3.05) is 20.3 Å². The first-order valence-electron chi connectivity index (χ1n) is 10.6. The highest BCUT2D eigenvalue weighted by Crippen LogP contribution is 2.28. The van der Waals surface area contributed by atoms with Gasteiger partial charge in [-0.05, 0) is 12.1 Å². The van der Waals surface area contributed by atoms with Crippen LogP contribution in [-0.2, 0) is 39.3 Å². The Morgan fingerprint density at radius 1 is 0.927 bits per heavy atom. The van der Waals surface area contributed by atoms with Crippen LogP contribution in [0.15, 0.2) is 30.6 Å². The number of aryl methyl sites for hydroxylation is 1. The molecule has 11 nitrogen and oxygen atoms in total. The van der Waals surface area contributed by atoms with Crippen molar-refractivity contribution in [3.05, 3.63) is 47.5 Å². The Balaban J connectivity index is 0.000000631. The maximum absolute atomic E-state index is 10.6. The molecule has 0 saturated heterocycles. The van der Waals surface area contributed by atoms with Gasteiger partial charge in [-0.2, -0.15) is 44.6 Å². The fourth-order valence-electron chi connectivity index (χ4n) is 2.90. The topological polar surface area (TPSA) is 155 Å². The number of fused-ring (bicyclic) bond motifs is 1. The second-order valence-electron chi connectivity index (χ2n) is 7.76. The number of aromatic nitrogens is 3. The summed E-state index contributed by atoms with van der Waals surface area (Å²) in [7, 11) is 3.73. The van der Waals surface area contributed by atoms with Crippen molar-refractivity contribution in [2.24, 2.45) is 7.05 Å². The Hall–Kier alpha value is -3.94. The van der Waals surface area contributed by atoms with E-state index in [-0.39, 0.29) is 0 Å². The number of halogens is 9. The number of carboxylic acids is 3. The van der Waals surface area contributed by atoms with Gasteiger partial charge in [0.05, 0.1) is 18.0 Å². The van der Waals surface area contributed by atoms with Crippen molar-refractivity contribution in [3.63, 3.8) is 0 Å². The molecule has 1 atom stereocenters. The van der Waals surface area contributed by atoms with Gasteiger partial charge in [0.15, 0.2) is 0 Å². The predicted octanol–water partition coefficient (Wildman–Crippen LogP) is 3.46. The summed E-state index contributed by atoms with van der Waals surface area (Å²) in [5.74, 6) is -7.93. The zero-order valence-corrected chi connectivity index (χ0v) is 21.0. The molecule has 0 spiro atoms. The van der Waals surface area contributed by atoms with Gasteiger partial charge in [-0.25, -0.2) is 14.4 Å². The van der Waals surface area contributed by atoms with Crippen molar-refractivity contribution in [2.45, 2.75) is 37.5 Å². The molecule has 3 heterocycles. The number of ether oxygens (including phenoxy) is 1. The molecule has 0 bridgehead atoms. The Morgan fingerprint density at radius 2 is 1.39 bits per heavy atom. The SMILES string of the molecule is COCC1CN(Cc2ccccn2)Cc2cn(C)nc21.O=C(O)C(F)(F)F.O=C(O)C(F)(F)F.O=C(O)C(F)(F)F. The first-order valence-corrected chi connectivity index (χ1v) is 10.6. The lowest BCUT2D eigenvalue weighted by molar-refractivity contribution is -0.193. The number of hydrogen-bond acceptors (Lipinski definition) is 7. The van der Waals surface area contributed by atoms with Gasteiger partial charge >= 0.3 is 36.4 Å². The first kappa shape index (κ1) is 37.1.